The SMILES string of the molecule is CCCOc1cc(C)nc(NC2CCCC2(C)C(=O)O)n1. The summed E-state index contributed by atoms with van der Waals surface area (Å²) in [6.45, 7) is 6.29. The van der Waals surface area contributed by atoms with Gasteiger partial charge >= 0.3 is 5.97 Å². The zero-order chi connectivity index (χ0) is 15.5. The molecule has 0 saturated heterocycles. The Morgan fingerprint density at radius 3 is 3.00 bits per heavy atom. The number of hydrogen-bond acceptors (Lipinski definition) is 5. The number of nitrogens with zero attached hydrogens (tertiary/aromatic N) is 2. The molecular weight excluding hydrogens is 270 g/mol. The summed E-state index contributed by atoms with van der Waals surface area (Å²) in [6, 6.07) is 1.63. The number of ether oxygens (including phenoxy) is 1. The molecule has 2 N–H and O–H groups in total. The first kappa shape index (κ1) is 15.5. The Labute approximate surface area is 124 Å². The van der Waals surface area contributed by atoms with Gasteiger partial charge in [0.25, 0.3) is 0 Å². The Balaban J connectivity index is 2.15. The number of carboxylic acid groups (broad SMARTS) is 1. The molecule has 0 bridgehead atoms. The molecule has 1 heterocycles. The van der Waals surface area contributed by atoms with E-state index in [1.165, 1.54) is 0 Å². The highest BCUT2D eigenvalue weighted by molar-refractivity contribution is 5.76. The van der Waals surface area contributed by atoms with Crippen molar-refractivity contribution in [1.29, 1.82) is 0 Å². The van der Waals surface area contributed by atoms with Crippen molar-refractivity contribution in [1.82, 2.24) is 9.97 Å². The van der Waals surface area contributed by atoms with Crippen molar-refractivity contribution >= 4 is 11.9 Å². The highest BCUT2D eigenvalue weighted by Gasteiger charge is 2.45. The highest BCUT2D eigenvalue weighted by atomic mass is 16.5. The van der Waals surface area contributed by atoms with Gasteiger partial charge in [0.05, 0.1) is 12.0 Å². The summed E-state index contributed by atoms with van der Waals surface area (Å²) >= 11 is 0. The van der Waals surface area contributed by atoms with E-state index in [0.717, 1.165) is 25.0 Å². The van der Waals surface area contributed by atoms with Crippen molar-refractivity contribution in [2.24, 2.45) is 5.41 Å². The van der Waals surface area contributed by atoms with Crippen LogP contribution in [0, 0.1) is 12.3 Å². The molecule has 1 aliphatic carbocycles. The minimum atomic E-state index is -0.771. The van der Waals surface area contributed by atoms with Gasteiger partial charge in [-0.1, -0.05) is 13.3 Å². The normalized spacial score (nSPS) is 24.8. The summed E-state index contributed by atoms with van der Waals surface area (Å²) < 4.78 is 5.53. The molecule has 1 aliphatic rings. The predicted molar refractivity (Wildman–Crippen MR) is 79.6 cm³/mol. The van der Waals surface area contributed by atoms with E-state index in [9.17, 15) is 9.90 Å². The molecule has 0 amide bonds. The van der Waals surface area contributed by atoms with Gasteiger partial charge in [0.2, 0.25) is 11.8 Å². The van der Waals surface area contributed by atoms with E-state index >= 15 is 0 Å². The van der Waals surface area contributed by atoms with E-state index in [2.05, 4.69) is 15.3 Å². The Hall–Kier alpha value is -1.85. The number of hydrogen-bond donors (Lipinski definition) is 2. The molecule has 21 heavy (non-hydrogen) atoms. The van der Waals surface area contributed by atoms with E-state index in [4.69, 9.17) is 4.74 Å². The fourth-order valence-corrected chi connectivity index (χ4v) is 2.69. The van der Waals surface area contributed by atoms with Gasteiger partial charge in [0, 0.05) is 17.8 Å². The summed E-state index contributed by atoms with van der Waals surface area (Å²) in [5.74, 6) is 0.204. The Morgan fingerprint density at radius 2 is 2.33 bits per heavy atom. The number of rotatable bonds is 6. The number of aromatic nitrogens is 2. The number of aliphatic carboxylic acids is 1. The third-order valence-corrected chi connectivity index (χ3v) is 4.03. The van der Waals surface area contributed by atoms with Gasteiger partial charge in [-0.05, 0) is 33.1 Å². The maximum atomic E-state index is 11.5. The molecule has 0 aliphatic heterocycles. The lowest BCUT2D eigenvalue weighted by atomic mass is 9.85. The largest absolute Gasteiger partial charge is 0.481 e. The van der Waals surface area contributed by atoms with Crippen LogP contribution >= 0.6 is 0 Å². The quantitative estimate of drug-likeness (QED) is 0.838. The minimum absolute atomic E-state index is 0.157. The molecule has 0 spiro atoms. The maximum Gasteiger partial charge on any atom is 0.311 e. The molecule has 2 atom stereocenters. The molecule has 1 fully saturated rings. The molecule has 116 valence electrons. The standard InChI is InChI=1S/C15H23N3O3/c1-4-8-21-12-9-10(2)16-14(18-12)17-11-6-5-7-15(11,3)13(19)20/h9,11H,4-8H2,1-3H3,(H,19,20)(H,16,17,18). The van der Waals surface area contributed by atoms with Gasteiger partial charge in [-0.2, -0.15) is 4.98 Å². The fraction of sp³-hybridized carbons (Fsp3) is 0.667. The molecule has 6 nitrogen and oxygen atoms in total. The summed E-state index contributed by atoms with van der Waals surface area (Å²) in [4.78, 5) is 20.2. The third-order valence-electron chi connectivity index (χ3n) is 4.03. The summed E-state index contributed by atoms with van der Waals surface area (Å²) in [5.41, 5.74) is 0.0333. The molecule has 1 aromatic rings. The van der Waals surface area contributed by atoms with Crippen LogP contribution in [-0.2, 0) is 4.79 Å². The van der Waals surface area contributed by atoms with E-state index in [0.29, 0.717) is 24.9 Å². The monoisotopic (exact) mass is 293 g/mol. The minimum Gasteiger partial charge on any atom is -0.481 e. The lowest BCUT2D eigenvalue weighted by Gasteiger charge is -2.27. The average Bonchev–Trinajstić information content (AvgIpc) is 2.79. The molecule has 0 aromatic carbocycles. The van der Waals surface area contributed by atoms with Crippen LogP contribution < -0.4 is 10.1 Å². The van der Waals surface area contributed by atoms with Crippen LogP contribution in [0.25, 0.3) is 0 Å². The molecule has 1 aromatic heterocycles. The van der Waals surface area contributed by atoms with Crippen molar-refractivity contribution in [3.05, 3.63) is 11.8 Å². The molecule has 2 rings (SSSR count). The van der Waals surface area contributed by atoms with E-state index < -0.39 is 11.4 Å². The van der Waals surface area contributed by atoms with Crippen LogP contribution in [0.3, 0.4) is 0 Å². The maximum absolute atomic E-state index is 11.5. The zero-order valence-corrected chi connectivity index (χ0v) is 12.8. The topological polar surface area (TPSA) is 84.3 Å². The van der Waals surface area contributed by atoms with Crippen LogP contribution in [0.2, 0.25) is 0 Å². The third kappa shape index (κ3) is 3.43. The lowest BCUT2D eigenvalue weighted by Crippen LogP contribution is -2.40. The van der Waals surface area contributed by atoms with Crippen molar-refractivity contribution in [2.45, 2.75) is 52.5 Å². The molecule has 0 radical (unpaired) electrons. The van der Waals surface area contributed by atoms with Gasteiger partial charge in [0.1, 0.15) is 0 Å². The van der Waals surface area contributed by atoms with Gasteiger partial charge in [-0.3, -0.25) is 4.79 Å². The van der Waals surface area contributed by atoms with Crippen LogP contribution in [0.1, 0.15) is 45.2 Å². The molecular formula is C15H23N3O3. The number of carboxylic acids is 1. The summed E-state index contributed by atoms with van der Waals surface area (Å²) in [5, 5.41) is 12.6. The van der Waals surface area contributed by atoms with E-state index in [1.54, 1.807) is 13.0 Å². The molecule has 6 heteroatoms. The van der Waals surface area contributed by atoms with Crippen molar-refractivity contribution in [3.63, 3.8) is 0 Å². The van der Waals surface area contributed by atoms with E-state index in [-0.39, 0.29) is 6.04 Å². The zero-order valence-electron chi connectivity index (χ0n) is 12.8. The van der Waals surface area contributed by atoms with Crippen molar-refractivity contribution in [3.8, 4) is 5.88 Å². The molecule has 2 unspecified atom stereocenters. The van der Waals surface area contributed by atoms with Gasteiger partial charge in [-0.25, -0.2) is 4.98 Å². The number of nitrogens with one attached hydrogen (secondary N) is 1. The second-order valence-corrected chi connectivity index (χ2v) is 5.83. The van der Waals surface area contributed by atoms with Crippen LogP contribution in [0.15, 0.2) is 6.07 Å². The first-order chi connectivity index (χ1) is 9.95. The first-order valence-corrected chi connectivity index (χ1v) is 7.44. The van der Waals surface area contributed by atoms with Gasteiger partial charge in [-0.15, -0.1) is 0 Å². The van der Waals surface area contributed by atoms with Gasteiger partial charge < -0.3 is 15.2 Å². The summed E-state index contributed by atoms with van der Waals surface area (Å²) in [7, 11) is 0. The Kier molecular flexibility index (Phi) is 4.65. The number of carbonyl (C=O) groups is 1. The predicted octanol–water partition coefficient (Wildman–Crippen LogP) is 2.63. The highest BCUT2D eigenvalue weighted by Crippen LogP contribution is 2.39. The number of aryl methyl sites for hydroxylation is 1. The first-order valence-electron chi connectivity index (χ1n) is 7.44. The Bertz CT molecular complexity index is 521. The second-order valence-electron chi connectivity index (χ2n) is 5.83. The lowest BCUT2D eigenvalue weighted by molar-refractivity contribution is -0.147. The second kappa shape index (κ2) is 6.28. The molecule has 1 saturated carbocycles. The van der Waals surface area contributed by atoms with Crippen molar-refractivity contribution < 1.29 is 14.6 Å². The smallest absolute Gasteiger partial charge is 0.311 e. The van der Waals surface area contributed by atoms with Crippen LogP contribution in [0.4, 0.5) is 5.95 Å². The number of anilines is 1. The van der Waals surface area contributed by atoms with Crippen LogP contribution in [0.5, 0.6) is 5.88 Å². The summed E-state index contributed by atoms with van der Waals surface area (Å²) in [6.07, 6.45) is 3.28. The fourth-order valence-electron chi connectivity index (χ4n) is 2.69. The van der Waals surface area contributed by atoms with E-state index in [1.807, 2.05) is 13.8 Å². The Morgan fingerprint density at radius 1 is 1.57 bits per heavy atom. The van der Waals surface area contributed by atoms with Crippen LogP contribution in [-0.4, -0.2) is 33.7 Å². The van der Waals surface area contributed by atoms with Crippen molar-refractivity contribution in [2.75, 3.05) is 11.9 Å². The van der Waals surface area contributed by atoms with Gasteiger partial charge in [0.15, 0.2) is 0 Å². The average molecular weight is 293 g/mol.